The van der Waals surface area contributed by atoms with E-state index in [1.807, 2.05) is 5.32 Å². The molecule has 0 aliphatic carbocycles. The average molecular weight is 449 g/mol. The van der Waals surface area contributed by atoms with Crippen LogP contribution in [0.15, 0.2) is 18.5 Å². The van der Waals surface area contributed by atoms with Crippen molar-refractivity contribution in [1.82, 2.24) is 25.0 Å². The lowest BCUT2D eigenvalue weighted by Crippen LogP contribution is -2.48. The largest absolute Gasteiger partial charge is 0.408 e. The van der Waals surface area contributed by atoms with E-state index in [1.54, 1.807) is 6.92 Å². The molecule has 30 heavy (non-hydrogen) atoms. The minimum Gasteiger partial charge on any atom is -0.340 e. The number of hydrogen-bond acceptors (Lipinski definition) is 4. The molecule has 13 heteroatoms. The topological polar surface area (TPSA) is 92.2 Å². The molecule has 1 aliphatic heterocycles. The third-order valence-corrected chi connectivity index (χ3v) is 5.03. The second-order valence-corrected chi connectivity index (χ2v) is 7.17. The number of anilines is 1. The van der Waals surface area contributed by atoms with E-state index in [0.29, 0.717) is 0 Å². The van der Waals surface area contributed by atoms with Crippen LogP contribution in [0.3, 0.4) is 0 Å². The van der Waals surface area contributed by atoms with Gasteiger partial charge in [0.05, 0.1) is 42.3 Å². The van der Waals surface area contributed by atoms with Crippen LogP contribution >= 0.6 is 11.6 Å². The van der Waals surface area contributed by atoms with Crippen LogP contribution < -0.4 is 10.6 Å². The summed E-state index contributed by atoms with van der Waals surface area (Å²) in [5.41, 5.74) is 0.225. The molecule has 3 heterocycles. The molecule has 0 radical (unpaired) electrons. The first-order valence-corrected chi connectivity index (χ1v) is 9.16. The molecule has 0 fully saturated rings. The Morgan fingerprint density at radius 2 is 2.07 bits per heavy atom. The van der Waals surface area contributed by atoms with Gasteiger partial charge in [0, 0.05) is 6.20 Å². The molecule has 3 amide bonds. The average Bonchev–Trinajstić information content (AvgIpc) is 3.06. The van der Waals surface area contributed by atoms with Gasteiger partial charge in [0.15, 0.2) is 0 Å². The molecule has 0 spiro atoms. The molecule has 0 saturated carbocycles. The third kappa shape index (κ3) is 4.32. The van der Waals surface area contributed by atoms with Crippen LogP contribution in [0, 0.1) is 5.95 Å². The number of aromatic nitrogens is 3. The lowest BCUT2D eigenvalue weighted by Gasteiger charge is -2.34. The molecule has 162 valence electrons. The summed E-state index contributed by atoms with van der Waals surface area (Å²) < 4.78 is 53.2. The Labute approximate surface area is 173 Å². The quantitative estimate of drug-likeness (QED) is 0.557. The Morgan fingerprint density at radius 1 is 1.37 bits per heavy atom. The summed E-state index contributed by atoms with van der Waals surface area (Å²) in [7, 11) is 0. The Balaban J connectivity index is 1.79. The maximum Gasteiger partial charge on any atom is 0.408 e. The Hall–Kier alpha value is -2.89. The molecule has 0 saturated heterocycles. The maximum atomic E-state index is 13.5. The van der Waals surface area contributed by atoms with E-state index >= 15 is 0 Å². The zero-order valence-corrected chi connectivity index (χ0v) is 16.6. The van der Waals surface area contributed by atoms with Crippen molar-refractivity contribution >= 4 is 29.2 Å². The van der Waals surface area contributed by atoms with Crippen LogP contribution in [0.1, 0.15) is 29.9 Å². The van der Waals surface area contributed by atoms with Crippen molar-refractivity contribution in [2.75, 3.05) is 5.32 Å². The summed E-state index contributed by atoms with van der Waals surface area (Å²) >= 11 is 5.80. The lowest BCUT2D eigenvalue weighted by atomic mass is 10.1. The molecule has 0 bridgehead atoms. The van der Waals surface area contributed by atoms with Gasteiger partial charge in [0.25, 0.3) is 5.91 Å². The first-order valence-electron chi connectivity index (χ1n) is 8.79. The van der Waals surface area contributed by atoms with E-state index in [0.717, 1.165) is 19.3 Å². The highest BCUT2D eigenvalue weighted by molar-refractivity contribution is 6.33. The summed E-state index contributed by atoms with van der Waals surface area (Å²) in [6.07, 6.45) is -2.30. The smallest absolute Gasteiger partial charge is 0.340 e. The van der Waals surface area contributed by atoms with E-state index in [9.17, 15) is 27.2 Å². The van der Waals surface area contributed by atoms with E-state index in [1.165, 1.54) is 15.6 Å². The number of pyridine rings is 1. The first-order chi connectivity index (χ1) is 14.0. The van der Waals surface area contributed by atoms with Gasteiger partial charge >= 0.3 is 12.2 Å². The van der Waals surface area contributed by atoms with Gasteiger partial charge in [-0.15, -0.1) is 0 Å². The van der Waals surface area contributed by atoms with Crippen LogP contribution in [0.4, 0.5) is 28.0 Å². The van der Waals surface area contributed by atoms with Gasteiger partial charge in [-0.1, -0.05) is 11.6 Å². The number of halogens is 5. The zero-order chi connectivity index (χ0) is 22.2. The van der Waals surface area contributed by atoms with Crippen molar-refractivity contribution in [3.05, 3.63) is 40.7 Å². The number of fused-ring (bicyclic) bond motifs is 1. The highest BCUT2D eigenvalue weighted by Gasteiger charge is 2.38. The van der Waals surface area contributed by atoms with Crippen molar-refractivity contribution in [1.29, 1.82) is 0 Å². The number of nitrogens with one attached hydrogen (secondary N) is 2. The molecule has 1 aliphatic rings. The number of carbonyl (C=O) groups is 2. The van der Waals surface area contributed by atoms with Crippen LogP contribution in [0.5, 0.6) is 0 Å². The monoisotopic (exact) mass is 448 g/mol. The van der Waals surface area contributed by atoms with Gasteiger partial charge in [-0.3, -0.25) is 9.48 Å². The van der Waals surface area contributed by atoms with Crippen LogP contribution in [0.2, 0.25) is 5.02 Å². The molecular formula is C17H17ClF4N6O2. The highest BCUT2D eigenvalue weighted by Crippen LogP contribution is 2.26. The van der Waals surface area contributed by atoms with Gasteiger partial charge in [-0.25, -0.2) is 9.78 Å². The molecular weight excluding hydrogens is 432 g/mol. The van der Waals surface area contributed by atoms with Gasteiger partial charge < -0.3 is 15.5 Å². The number of urea groups is 1. The molecule has 2 atom stereocenters. The van der Waals surface area contributed by atoms with Gasteiger partial charge in [0.2, 0.25) is 5.95 Å². The van der Waals surface area contributed by atoms with E-state index in [-0.39, 0.29) is 41.1 Å². The predicted molar refractivity (Wildman–Crippen MR) is 98.4 cm³/mol. The molecule has 2 aromatic heterocycles. The summed E-state index contributed by atoms with van der Waals surface area (Å²) in [6.45, 7) is 2.67. The number of alkyl halides is 3. The predicted octanol–water partition coefficient (Wildman–Crippen LogP) is 3.19. The number of carbonyl (C=O) groups excluding carboxylic acids is 2. The fourth-order valence-corrected chi connectivity index (χ4v) is 3.08. The zero-order valence-electron chi connectivity index (χ0n) is 15.8. The molecule has 2 N–H and O–H groups in total. The van der Waals surface area contributed by atoms with Crippen LogP contribution in [0.25, 0.3) is 0 Å². The minimum atomic E-state index is -4.59. The van der Waals surface area contributed by atoms with Crippen molar-refractivity contribution in [2.24, 2.45) is 0 Å². The summed E-state index contributed by atoms with van der Waals surface area (Å²) in [5, 5.41) is 8.03. The summed E-state index contributed by atoms with van der Waals surface area (Å²) in [5.74, 6) is -1.90. The highest BCUT2D eigenvalue weighted by atomic mass is 35.5. The lowest BCUT2D eigenvalue weighted by molar-refractivity contribution is -0.149. The molecule has 0 aromatic carbocycles. The first kappa shape index (κ1) is 21.8. The standard InChI is InChI=1S/C17H17ClF4N6O2/c1-8-6-28-12(10(5-24-28)15(29)25-9(2)17(20,21)22)7-27(8)16(30)26-11-3-4-23-14(19)13(11)18/h3-5,8-9H,6-7H2,1-2H3,(H,25,29)(H,23,26,30)/t8-,9-/m1/s1. The fraction of sp³-hybridized carbons (Fsp3) is 0.412. The minimum absolute atomic E-state index is 0.0115. The van der Waals surface area contributed by atoms with E-state index < -0.39 is 30.1 Å². The third-order valence-electron chi connectivity index (χ3n) is 4.67. The Bertz CT molecular complexity index is 980. The molecule has 0 unspecified atom stereocenters. The summed E-state index contributed by atoms with van der Waals surface area (Å²) in [4.78, 5) is 29.7. The summed E-state index contributed by atoms with van der Waals surface area (Å²) in [6, 6.07) is -1.73. The second-order valence-electron chi connectivity index (χ2n) is 6.79. The van der Waals surface area contributed by atoms with Gasteiger partial charge in [-0.05, 0) is 19.9 Å². The van der Waals surface area contributed by atoms with Crippen molar-refractivity contribution in [3.8, 4) is 0 Å². The SMILES string of the molecule is C[C@@H]1Cn2ncc(C(=O)N[C@H](C)C(F)(F)F)c2CN1C(=O)Nc1ccnc(F)c1Cl. The van der Waals surface area contributed by atoms with Gasteiger partial charge in [-0.2, -0.15) is 22.7 Å². The van der Waals surface area contributed by atoms with E-state index in [4.69, 9.17) is 11.6 Å². The van der Waals surface area contributed by atoms with Crippen molar-refractivity contribution < 1.29 is 27.2 Å². The van der Waals surface area contributed by atoms with Crippen molar-refractivity contribution in [2.45, 2.75) is 45.2 Å². The second kappa shape index (κ2) is 8.09. The molecule has 2 aromatic rings. The normalized spacial score (nSPS) is 17.3. The van der Waals surface area contributed by atoms with E-state index in [2.05, 4.69) is 15.4 Å². The van der Waals surface area contributed by atoms with Crippen LogP contribution in [-0.2, 0) is 13.1 Å². The number of rotatable bonds is 3. The fourth-order valence-electron chi connectivity index (χ4n) is 2.92. The molecule has 8 nitrogen and oxygen atoms in total. The van der Waals surface area contributed by atoms with Crippen LogP contribution in [-0.4, -0.2) is 49.9 Å². The van der Waals surface area contributed by atoms with Crippen molar-refractivity contribution in [3.63, 3.8) is 0 Å². The van der Waals surface area contributed by atoms with Gasteiger partial charge in [0.1, 0.15) is 11.1 Å². The number of nitrogens with zero attached hydrogens (tertiary/aromatic N) is 4. The number of hydrogen-bond donors (Lipinski definition) is 2. The molecule has 3 rings (SSSR count). The number of amides is 3. The Kier molecular flexibility index (Phi) is 5.88. The maximum absolute atomic E-state index is 13.5. The Morgan fingerprint density at radius 3 is 2.73 bits per heavy atom.